The lowest BCUT2D eigenvalue weighted by Crippen LogP contribution is -2.39. The lowest BCUT2D eigenvalue weighted by atomic mass is 9.94. The lowest BCUT2D eigenvalue weighted by Gasteiger charge is -2.33. The first kappa shape index (κ1) is 21.6. The van der Waals surface area contributed by atoms with Gasteiger partial charge in [0.2, 0.25) is 0 Å². The van der Waals surface area contributed by atoms with E-state index >= 15 is 0 Å². The topological polar surface area (TPSA) is 94.0 Å². The summed E-state index contributed by atoms with van der Waals surface area (Å²) in [6, 6.07) is 7.78. The zero-order valence-electron chi connectivity index (χ0n) is 18.2. The molecule has 0 atom stereocenters. The maximum Gasteiger partial charge on any atom is 0.335 e. The second kappa shape index (κ2) is 9.33. The van der Waals surface area contributed by atoms with Gasteiger partial charge >= 0.3 is 5.69 Å². The Kier molecular flexibility index (Phi) is 6.30. The van der Waals surface area contributed by atoms with Crippen LogP contribution in [0.1, 0.15) is 38.1 Å². The Balaban J connectivity index is 1.38. The minimum atomic E-state index is -0.0947. The van der Waals surface area contributed by atoms with Crippen molar-refractivity contribution in [3.05, 3.63) is 45.5 Å². The van der Waals surface area contributed by atoms with Gasteiger partial charge in [-0.2, -0.15) is 0 Å². The van der Waals surface area contributed by atoms with Crippen LogP contribution in [0.5, 0.6) is 0 Å². The Morgan fingerprint density at radius 3 is 2.50 bits per heavy atom. The molecule has 0 radical (unpaired) electrons. The molecule has 4 heterocycles. The zero-order chi connectivity index (χ0) is 22.1. The highest BCUT2D eigenvalue weighted by molar-refractivity contribution is 9.10. The molecule has 2 aromatic heterocycles. The van der Waals surface area contributed by atoms with Crippen molar-refractivity contribution in [1.82, 2.24) is 29.3 Å². The predicted octanol–water partition coefficient (Wildman–Crippen LogP) is 2.95. The van der Waals surface area contributed by atoms with Gasteiger partial charge < -0.3 is 16.0 Å². The van der Waals surface area contributed by atoms with Gasteiger partial charge in [-0.15, -0.1) is 0 Å². The fraction of sp³-hybridized carbons (Fsp3) is 0.522. The van der Waals surface area contributed by atoms with Crippen LogP contribution in [-0.4, -0.2) is 56.7 Å². The van der Waals surface area contributed by atoms with E-state index in [1.807, 2.05) is 28.8 Å². The summed E-state index contributed by atoms with van der Waals surface area (Å²) in [5.41, 5.74) is 8.11. The van der Waals surface area contributed by atoms with Crippen molar-refractivity contribution in [2.24, 2.45) is 5.92 Å². The molecule has 2 fully saturated rings. The van der Waals surface area contributed by atoms with Gasteiger partial charge in [-0.1, -0.05) is 15.9 Å². The van der Waals surface area contributed by atoms with Crippen LogP contribution >= 0.6 is 15.9 Å². The van der Waals surface area contributed by atoms with Crippen LogP contribution in [-0.2, 0) is 0 Å². The van der Waals surface area contributed by atoms with Gasteiger partial charge in [-0.3, -0.25) is 9.13 Å². The molecule has 1 aromatic carbocycles. The second-order valence-corrected chi connectivity index (χ2v) is 9.87. The number of anilines is 1. The third kappa shape index (κ3) is 4.21. The van der Waals surface area contributed by atoms with Gasteiger partial charge in [0.15, 0.2) is 11.5 Å². The van der Waals surface area contributed by atoms with E-state index in [0.717, 1.165) is 61.6 Å². The minimum Gasteiger partial charge on any atom is -0.382 e. The average molecular weight is 500 g/mol. The summed E-state index contributed by atoms with van der Waals surface area (Å²) in [6.45, 7) is 5.48. The molecule has 0 unspecified atom stereocenters. The third-order valence-corrected chi connectivity index (χ3v) is 7.53. The number of benzene rings is 1. The molecule has 8 nitrogen and oxygen atoms in total. The van der Waals surface area contributed by atoms with Gasteiger partial charge in [0.25, 0.3) is 0 Å². The zero-order valence-corrected chi connectivity index (χ0v) is 19.8. The molecule has 2 saturated heterocycles. The molecule has 0 bridgehead atoms. The number of nitrogens with zero attached hydrogens (tertiary/aromatic N) is 5. The van der Waals surface area contributed by atoms with E-state index in [2.05, 4.69) is 36.1 Å². The number of hydrogen-bond donors (Lipinski definition) is 2. The number of likely N-dealkylation sites (tertiary alicyclic amines) is 1. The molecule has 170 valence electrons. The summed E-state index contributed by atoms with van der Waals surface area (Å²) in [4.78, 5) is 24.8. The smallest absolute Gasteiger partial charge is 0.335 e. The van der Waals surface area contributed by atoms with Crippen LogP contribution in [0, 0.1) is 5.92 Å². The first-order valence-corrected chi connectivity index (χ1v) is 12.3. The van der Waals surface area contributed by atoms with Crippen molar-refractivity contribution in [3.8, 4) is 5.69 Å². The number of nitrogens with one attached hydrogen (secondary N) is 1. The summed E-state index contributed by atoms with van der Waals surface area (Å²) in [7, 11) is 0. The number of fused-ring (bicyclic) bond motifs is 1. The normalized spacial score (nSPS) is 19.0. The van der Waals surface area contributed by atoms with Gasteiger partial charge in [0.05, 0.1) is 5.69 Å². The summed E-state index contributed by atoms with van der Waals surface area (Å²) in [5, 5.41) is 3.45. The standard InChI is InChI=1S/C23H30BrN7O/c24-17-1-3-18(4-2-17)30-20-21(25)27-15-28-22(20)31(23(30)32)19-8-13-29(14-9-19)12-7-16-5-10-26-11-6-16/h1-4,15-16,19,26H,5-14H2,(H2,25,27,28). The number of imidazole rings is 1. The maximum atomic E-state index is 13.6. The van der Waals surface area contributed by atoms with Crippen molar-refractivity contribution < 1.29 is 0 Å². The highest BCUT2D eigenvalue weighted by atomic mass is 79.9. The fourth-order valence-corrected chi connectivity index (χ4v) is 5.43. The van der Waals surface area contributed by atoms with Crippen molar-refractivity contribution in [2.45, 2.75) is 38.1 Å². The molecule has 32 heavy (non-hydrogen) atoms. The first-order valence-electron chi connectivity index (χ1n) is 11.5. The average Bonchev–Trinajstić information content (AvgIpc) is 3.12. The number of nitrogens with two attached hydrogens (primary N) is 1. The Morgan fingerprint density at radius 2 is 1.78 bits per heavy atom. The Bertz CT molecular complexity index is 1130. The number of piperidine rings is 2. The van der Waals surface area contributed by atoms with E-state index in [1.165, 1.54) is 25.6 Å². The lowest BCUT2D eigenvalue weighted by molar-refractivity contribution is 0.170. The van der Waals surface area contributed by atoms with E-state index in [1.54, 1.807) is 4.57 Å². The molecular weight excluding hydrogens is 470 g/mol. The van der Waals surface area contributed by atoms with Gasteiger partial charge in [-0.05, 0) is 81.9 Å². The van der Waals surface area contributed by atoms with E-state index < -0.39 is 0 Å². The number of aromatic nitrogens is 4. The highest BCUT2D eigenvalue weighted by Crippen LogP contribution is 2.28. The van der Waals surface area contributed by atoms with Crippen LogP contribution < -0.4 is 16.7 Å². The Hall–Kier alpha value is -2.23. The number of rotatable bonds is 5. The van der Waals surface area contributed by atoms with Crippen molar-refractivity contribution >= 4 is 32.9 Å². The van der Waals surface area contributed by atoms with Crippen LogP contribution in [0.15, 0.2) is 39.9 Å². The van der Waals surface area contributed by atoms with Crippen molar-refractivity contribution in [2.75, 3.05) is 38.5 Å². The molecule has 3 N–H and O–H groups in total. The molecule has 0 amide bonds. The van der Waals surface area contributed by atoms with E-state index in [0.29, 0.717) is 17.0 Å². The third-order valence-electron chi connectivity index (χ3n) is 7.00. The molecule has 2 aliphatic rings. The van der Waals surface area contributed by atoms with Crippen molar-refractivity contribution in [1.29, 1.82) is 0 Å². The molecule has 2 aliphatic heterocycles. The summed E-state index contributed by atoms with van der Waals surface area (Å²) >= 11 is 3.46. The summed E-state index contributed by atoms with van der Waals surface area (Å²) in [6.07, 6.45) is 7.20. The van der Waals surface area contributed by atoms with Gasteiger partial charge in [0, 0.05) is 23.6 Å². The van der Waals surface area contributed by atoms with E-state index in [9.17, 15) is 4.79 Å². The predicted molar refractivity (Wildman–Crippen MR) is 130 cm³/mol. The first-order chi connectivity index (χ1) is 15.6. The quantitative estimate of drug-likeness (QED) is 0.560. The molecule has 5 rings (SSSR count). The van der Waals surface area contributed by atoms with Gasteiger partial charge in [0.1, 0.15) is 11.8 Å². The minimum absolute atomic E-state index is 0.0947. The van der Waals surface area contributed by atoms with E-state index in [4.69, 9.17) is 5.73 Å². The maximum absolute atomic E-state index is 13.6. The number of hydrogen-bond acceptors (Lipinski definition) is 6. The van der Waals surface area contributed by atoms with Gasteiger partial charge in [-0.25, -0.2) is 14.8 Å². The number of nitrogen functional groups attached to an aromatic ring is 1. The molecular formula is C23H30BrN7O. The molecule has 0 saturated carbocycles. The van der Waals surface area contributed by atoms with Crippen LogP contribution in [0.2, 0.25) is 0 Å². The molecule has 0 aliphatic carbocycles. The second-order valence-electron chi connectivity index (χ2n) is 8.95. The summed E-state index contributed by atoms with van der Waals surface area (Å²) < 4.78 is 4.46. The van der Waals surface area contributed by atoms with Crippen molar-refractivity contribution in [3.63, 3.8) is 0 Å². The molecule has 0 spiro atoms. The molecule has 3 aromatic rings. The Labute approximate surface area is 196 Å². The monoisotopic (exact) mass is 499 g/mol. The highest BCUT2D eigenvalue weighted by Gasteiger charge is 2.28. The fourth-order valence-electron chi connectivity index (χ4n) is 5.16. The largest absolute Gasteiger partial charge is 0.382 e. The SMILES string of the molecule is Nc1ncnc2c1n(-c1ccc(Br)cc1)c(=O)n2C1CCN(CCC2CCNCC2)CC1. The van der Waals surface area contributed by atoms with Crippen LogP contribution in [0.4, 0.5) is 5.82 Å². The van der Waals surface area contributed by atoms with Crippen LogP contribution in [0.25, 0.3) is 16.9 Å². The Morgan fingerprint density at radius 1 is 1.06 bits per heavy atom. The molecule has 9 heteroatoms. The number of halogens is 1. The van der Waals surface area contributed by atoms with Crippen LogP contribution in [0.3, 0.4) is 0 Å². The summed E-state index contributed by atoms with van der Waals surface area (Å²) in [5.74, 6) is 1.17. The van der Waals surface area contributed by atoms with E-state index in [-0.39, 0.29) is 11.7 Å².